The Balaban J connectivity index is 1.95. The van der Waals surface area contributed by atoms with Crippen LogP contribution < -0.4 is 10.9 Å². The quantitative estimate of drug-likeness (QED) is 0.718. The van der Waals surface area contributed by atoms with Crippen LogP contribution in [0.1, 0.15) is 18.2 Å². The van der Waals surface area contributed by atoms with Gasteiger partial charge in [0.05, 0.1) is 11.6 Å². The van der Waals surface area contributed by atoms with Crippen molar-refractivity contribution in [2.75, 3.05) is 5.32 Å². The molecular weight excluding hydrogens is 376 g/mol. The average molecular weight is 393 g/mol. The highest BCUT2D eigenvalue weighted by Crippen LogP contribution is 2.21. The van der Waals surface area contributed by atoms with Crippen LogP contribution in [0.3, 0.4) is 0 Å². The molecule has 0 fully saturated rings. The van der Waals surface area contributed by atoms with Crippen LogP contribution >= 0.6 is 11.6 Å². The third-order valence-corrected chi connectivity index (χ3v) is 4.32. The van der Waals surface area contributed by atoms with Crippen LogP contribution in [-0.4, -0.2) is 15.5 Å². The first-order valence-electron chi connectivity index (χ1n) is 8.67. The van der Waals surface area contributed by atoms with Crippen LogP contribution in [-0.2, 0) is 17.8 Å². The predicted octanol–water partition coefficient (Wildman–Crippen LogP) is 3.64. The highest BCUT2D eigenvalue weighted by atomic mass is 35.5. The SMILES string of the molecule is CCc1cc(=O)n(CC(=O)Nc2cccc(C#N)c2)c(-c2cccc(Cl)c2)n1. The second kappa shape index (κ2) is 8.51. The summed E-state index contributed by atoms with van der Waals surface area (Å²) in [4.78, 5) is 29.7. The molecule has 1 amide bonds. The molecule has 0 aliphatic carbocycles. The summed E-state index contributed by atoms with van der Waals surface area (Å²) in [6.45, 7) is 1.69. The standard InChI is InChI=1S/C21H17ClN4O2/c1-2-17-11-20(28)26(21(25-17)15-6-4-7-16(22)10-15)13-19(27)24-18-8-3-5-14(9-18)12-23/h3-11H,2,13H2,1H3,(H,24,27). The average Bonchev–Trinajstić information content (AvgIpc) is 2.69. The van der Waals surface area contributed by atoms with Crippen molar-refractivity contribution in [3.05, 3.63) is 81.2 Å². The van der Waals surface area contributed by atoms with Gasteiger partial charge in [0, 0.05) is 28.0 Å². The number of amides is 1. The normalized spacial score (nSPS) is 10.3. The number of carbonyl (C=O) groups excluding carboxylic acids is 1. The van der Waals surface area contributed by atoms with E-state index >= 15 is 0 Å². The lowest BCUT2D eigenvalue weighted by molar-refractivity contribution is -0.116. The van der Waals surface area contributed by atoms with Gasteiger partial charge in [-0.05, 0) is 36.8 Å². The van der Waals surface area contributed by atoms with Crippen LogP contribution in [0.5, 0.6) is 0 Å². The molecule has 1 N–H and O–H groups in total. The van der Waals surface area contributed by atoms with Gasteiger partial charge in [-0.15, -0.1) is 0 Å². The zero-order valence-electron chi connectivity index (χ0n) is 15.1. The molecule has 0 radical (unpaired) electrons. The van der Waals surface area contributed by atoms with Crippen molar-refractivity contribution in [1.29, 1.82) is 5.26 Å². The van der Waals surface area contributed by atoms with Gasteiger partial charge < -0.3 is 5.32 Å². The Labute approximate surface area is 167 Å². The second-order valence-electron chi connectivity index (χ2n) is 6.10. The zero-order valence-corrected chi connectivity index (χ0v) is 15.9. The molecule has 3 aromatic rings. The summed E-state index contributed by atoms with van der Waals surface area (Å²) < 4.78 is 1.31. The number of halogens is 1. The van der Waals surface area contributed by atoms with Gasteiger partial charge in [-0.2, -0.15) is 5.26 Å². The summed E-state index contributed by atoms with van der Waals surface area (Å²) in [6, 6.07) is 17.0. The molecule has 7 heteroatoms. The third-order valence-electron chi connectivity index (χ3n) is 4.08. The van der Waals surface area contributed by atoms with Crippen LogP contribution in [0.25, 0.3) is 11.4 Å². The largest absolute Gasteiger partial charge is 0.324 e. The molecule has 0 aliphatic rings. The number of aromatic nitrogens is 2. The Morgan fingerprint density at radius 3 is 2.71 bits per heavy atom. The lowest BCUT2D eigenvalue weighted by Crippen LogP contribution is -2.30. The van der Waals surface area contributed by atoms with E-state index in [1.165, 1.54) is 10.6 Å². The second-order valence-corrected chi connectivity index (χ2v) is 6.54. The number of anilines is 1. The van der Waals surface area contributed by atoms with Crippen molar-refractivity contribution in [2.45, 2.75) is 19.9 Å². The number of nitrogens with one attached hydrogen (secondary N) is 1. The molecule has 0 aliphatic heterocycles. The number of hydrogen-bond donors (Lipinski definition) is 1. The first-order valence-corrected chi connectivity index (χ1v) is 9.04. The molecule has 140 valence electrons. The van der Waals surface area contributed by atoms with E-state index in [0.717, 1.165) is 0 Å². The molecule has 0 saturated carbocycles. The van der Waals surface area contributed by atoms with E-state index in [2.05, 4.69) is 10.3 Å². The molecule has 0 unspecified atom stereocenters. The number of carbonyl (C=O) groups is 1. The Bertz CT molecular complexity index is 1130. The monoisotopic (exact) mass is 392 g/mol. The highest BCUT2D eigenvalue weighted by molar-refractivity contribution is 6.30. The van der Waals surface area contributed by atoms with Crippen molar-refractivity contribution in [3.8, 4) is 17.5 Å². The fourth-order valence-corrected chi connectivity index (χ4v) is 2.94. The van der Waals surface area contributed by atoms with E-state index in [1.54, 1.807) is 48.5 Å². The first kappa shape index (κ1) is 19.3. The maximum Gasteiger partial charge on any atom is 0.254 e. The first-order chi connectivity index (χ1) is 13.5. The van der Waals surface area contributed by atoms with Crippen LogP contribution in [0.4, 0.5) is 5.69 Å². The molecule has 0 bridgehead atoms. The Hall–Kier alpha value is -3.43. The highest BCUT2D eigenvalue weighted by Gasteiger charge is 2.14. The van der Waals surface area contributed by atoms with E-state index in [0.29, 0.717) is 39.8 Å². The van der Waals surface area contributed by atoms with Crippen LogP contribution in [0, 0.1) is 11.3 Å². The number of nitrogens with zero attached hydrogens (tertiary/aromatic N) is 3. The molecule has 0 atom stereocenters. The van der Waals surface area contributed by atoms with Crippen molar-refractivity contribution < 1.29 is 4.79 Å². The zero-order chi connectivity index (χ0) is 20.1. The van der Waals surface area contributed by atoms with Crippen molar-refractivity contribution in [2.24, 2.45) is 0 Å². The van der Waals surface area contributed by atoms with Gasteiger partial charge in [0.25, 0.3) is 5.56 Å². The summed E-state index contributed by atoms with van der Waals surface area (Å²) in [5.41, 5.74) is 1.89. The molecule has 2 aromatic carbocycles. The molecule has 28 heavy (non-hydrogen) atoms. The minimum atomic E-state index is -0.397. The fraction of sp³-hybridized carbons (Fsp3) is 0.143. The van der Waals surface area contributed by atoms with E-state index in [9.17, 15) is 9.59 Å². The Kier molecular flexibility index (Phi) is 5.87. The van der Waals surface area contributed by atoms with Gasteiger partial charge in [-0.25, -0.2) is 4.98 Å². The number of rotatable bonds is 5. The summed E-state index contributed by atoms with van der Waals surface area (Å²) in [5, 5.41) is 12.2. The molecular formula is C21H17ClN4O2. The summed E-state index contributed by atoms with van der Waals surface area (Å²) in [7, 11) is 0. The van der Waals surface area contributed by atoms with E-state index in [-0.39, 0.29) is 12.1 Å². The summed E-state index contributed by atoms with van der Waals surface area (Å²) >= 11 is 6.08. The summed E-state index contributed by atoms with van der Waals surface area (Å²) in [6.07, 6.45) is 0.594. The maximum atomic E-state index is 12.6. The van der Waals surface area contributed by atoms with E-state index < -0.39 is 5.91 Å². The van der Waals surface area contributed by atoms with E-state index in [1.807, 2.05) is 13.0 Å². The van der Waals surface area contributed by atoms with E-state index in [4.69, 9.17) is 16.9 Å². The van der Waals surface area contributed by atoms with Gasteiger partial charge in [0.2, 0.25) is 5.91 Å². The smallest absolute Gasteiger partial charge is 0.254 e. The van der Waals surface area contributed by atoms with Crippen molar-refractivity contribution >= 4 is 23.2 Å². The molecule has 1 heterocycles. The fourth-order valence-electron chi connectivity index (χ4n) is 2.75. The number of aryl methyl sites for hydroxylation is 1. The topological polar surface area (TPSA) is 87.8 Å². The minimum Gasteiger partial charge on any atom is -0.324 e. The maximum absolute atomic E-state index is 12.6. The molecule has 1 aromatic heterocycles. The molecule has 6 nitrogen and oxygen atoms in total. The molecule has 0 saturated heterocycles. The Morgan fingerprint density at radius 2 is 2.00 bits per heavy atom. The van der Waals surface area contributed by atoms with Crippen LogP contribution in [0.2, 0.25) is 5.02 Å². The minimum absolute atomic E-state index is 0.214. The predicted molar refractivity (Wildman–Crippen MR) is 108 cm³/mol. The molecule has 0 spiro atoms. The van der Waals surface area contributed by atoms with Gasteiger partial charge in [-0.3, -0.25) is 14.2 Å². The Morgan fingerprint density at radius 1 is 1.21 bits per heavy atom. The van der Waals surface area contributed by atoms with Gasteiger partial charge in [0.1, 0.15) is 12.4 Å². The van der Waals surface area contributed by atoms with Gasteiger partial charge in [0.15, 0.2) is 0 Å². The number of nitriles is 1. The van der Waals surface area contributed by atoms with Crippen LogP contribution in [0.15, 0.2) is 59.4 Å². The van der Waals surface area contributed by atoms with Crippen molar-refractivity contribution in [3.63, 3.8) is 0 Å². The lowest BCUT2D eigenvalue weighted by atomic mass is 10.2. The summed E-state index contributed by atoms with van der Waals surface area (Å²) in [5.74, 6) is -0.0145. The van der Waals surface area contributed by atoms with Crippen molar-refractivity contribution in [1.82, 2.24) is 9.55 Å². The number of hydrogen-bond acceptors (Lipinski definition) is 4. The number of benzene rings is 2. The lowest BCUT2D eigenvalue weighted by Gasteiger charge is -2.14. The third kappa shape index (κ3) is 4.45. The van der Waals surface area contributed by atoms with Gasteiger partial charge in [-0.1, -0.05) is 36.7 Å². The molecule has 3 rings (SSSR count). The van der Waals surface area contributed by atoms with Gasteiger partial charge >= 0.3 is 0 Å².